The maximum absolute atomic E-state index is 13.2. The molecule has 6 heteroatoms. The molecule has 0 aromatic heterocycles. The van der Waals surface area contributed by atoms with Crippen LogP contribution in [-0.2, 0) is 9.59 Å². The van der Waals surface area contributed by atoms with Gasteiger partial charge in [-0.1, -0.05) is 63.6 Å². The Morgan fingerprint density at radius 3 is 2.43 bits per heavy atom. The summed E-state index contributed by atoms with van der Waals surface area (Å²) in [7, 11) is 3.96. The summed E-state index contributed by atoms with van der Waals surface area (Å²) in [4.78, 5) is 30.0. The molecular weight excluding hydrogens is 440 g/mol. The minimum absolute atomic E-state index is 0.128. The van der Waals surface area contributed by atoms with Crippen LogP contribution in [0.1, 0.15) is 68.7 Å². The highest BCUT2D eigenvalue weighted by atomic mass is 16.5. The number of aliphatic hydroxyl groups is 1. The average Bonchev–Trinajstić information content (AvgIpc) is 3.09. The van der Waals surface area contributed by atoms with Crippen molar-refractivity contribution in [3.05, 3.63) is 70.8 Å². The number of ether oxygens (including phenoxy) is 1. The molecule has 1 fully saturated rings. The first-order valence-electron chi connectivity index (χ1n) is 12.5. The molecule has 0 aliphatic carbocycles. The smallest absolute Gasteiger partial charge is 0.295 e. The summed E-state index contributed by atoms with van der Waals surface area (Å²) in [5, 5.41) is 11.3. The fourth-order valence-electron chi connectivity index (χ4n) is 4.30. The first-order valence-corrected chi connectivity index (χ1v) is 12.5. The summed E-state index contributed by atoms with van der Waals surface area (Å²) in [6.07, 6.45) is 2.68. The van der Waals surface area contributed by atoms with Crippen molar-refractivity contribution < 1.29 is 19.4 Å². The first-order chi connectivity index (χ1) is 16.7. The van der Waals surface area contributed by atoms with E-state index in [9.17, 15) is 14.7 Å². The molecule has 1 atom stereocenters. The lowest BCUT2D eigenvalue weighted by Gasteiger charge is -2.26. The highest BCUT2D eigenvalue weighted by Gasteiger charge is 2.45. The van der Waals surface area contributed by atoms with Crippen LogP contribution in [0.25, 0.3) is 5.76 Å². The highest BCUT2D eigenvalue weighted by molar-refractivity contribution is 6.46. The van der Waals surface area contributed by atoms with Gasteiger partial charge in [0.05, 0.1) is 18.2 Å². The lowest BCUT2D eigenvalue weighted by atomic mass is 9.93. The van der Waals surface area contributed by atoms with Gasteiger partial charge >= 0.3 is 0 Å². The van der Waals surface area contributed by atoms with Gasteiger partial charge in [-0.3, -0.25) is 9.59 Å². The molecule has 0 bridgehead atoms. The predicted octanol–water partition coefficient (Wildman–Crippen LogP) is 5.36. The topological polar surface area (TPSA) is 70.1 Å². The zero-order chi connectivity index (χ0) is 25.5. The first kappa shape index (κ1) is 26.5. The van der Waals surface area contributed by atoms with E-state index in [-0.39, 0.29) is 11.3 Å². The second-order valence-electron chi connectivity index (χ2n) is 9.70. The normalized spacial score (nSPS) is 17.6. The maximum atomic E-state index is 13.2. The third-order valence-corrected chi connectivity index (χ3v) is 6.34. The van der Waals surface area contributed by atoms with Gasteiger partial charge in [-0.2, -0.15) is 0 Å². The van der Waals surface area contributed by atoms with Crippen LogP contribution in [0.15, 0.2) is 54.1 Å². The zero-order valence-corrected chi connectivity index (χ0v) is 21.6. The molecule has 1 N–H and O–H groups in total. The van der Waals surface area contributed by atoms with Crippen LogP contribution in [0.3, 0.4) is 0 Å². The number of ketones is 1. The third-order valence-electron chi connectivity index (χ3n) is 6.34. The number of rotatable bonds is 11. The van der Waals surface area contributed by atoms with Gasteiger partial charge in [-0.15, -0.1) is 0 Å². The quantitative estimate of drug-likeness (QED) is 0.204. The van der Waals surface area contributed by atoms with Crippen molar-refractivity contribution in [2.45, 2.75) is 52.0 Å². The van der Waals surface area contributed by atoms with Crippen molar-refractivity contribution >= 4 is 17.4 Å². The third kappa shape index (κ3) is 6.31. The molecular formula is C29H38N2O4. The van der Waals surface area contributed by atoms with Gasteiger partial charge in [0.2, 0.25) is 0 Å². The van der Waals surface area contributed by atoms with Crippen molar-refractivity contribution in [1.29, 1.82) is 0 Å². The van der Waals surface area contributed by atoms with Crippen LogP contribution in [0, 0.1) is 0 Å². The van der Waals surface area contributed by atoms with Crippen LogP contribution in [0.2, 0.25) is 0 Å². The Morgan fingerprint density at radius 2 is 1.80 bits per heavy atom. The molecule has 1 amide bonds. The standard InChI is InChI=1S/C29H38N2O4/c1-6-7-18-35-24-11-8-10-23(19-24)27(32)25-26(22-14-12-21(13-15-22)20(2)3)31(29(34)28(25)33)17-9-16-30(4)5/h8,10-15,19-20,26,32H,6-7,9,16-18H2,1-5H3. The lowest BCUT2D eigenvalue weighted by molar-refractivity contribution is -0.139. The Kier molecular flexibility index (Phi) is 9.10. The summed E-state index contributed by atoms with van der Waals surface area (Å²) in [6, 6.07) is 14.4. The Morgan fingerprint density at radius 1 is 1.09 bits per heavy atom. The van der Waals surface area contributed by atoms with E-state index in [1.54, 1.807) is 23.1 Å². The van der Waals surface area contributed by atoms with Crippen molar-refractivity contribution in [1.82, 2.24) is 9.80 Å². The van der Waals surface area contributed by atoms with Crippen LogP contribution < -0.4 is 4.74 Å². The molecule has 3 rings (SSSR count). The van der Waals surface area contributed by atoms with E-state index >= 15 is 0 Å². The molecule has 35 heavy (non-hydrogen) atoms. The number of aliphatic hydroxyl groups excluding tert-OH is 1. The summed E-state index contributed by atoms with van der Waals surface area (Å²) < 4.78 is 5.79. The SMILES string of the molecule is CCCCOc1cccc(C(O)=C2C(=O)C(=O)N(CCCN(C)C)C2c2ccc(C(C)C)cc2)c1. The molecule has 1 heterocycles. The van der Waals surface area contributed by atoms with E-state index in [4.69, 9.17) is 4.74 Å². The number of unbranched alkanes of at least 4 members (excludes halogenated alkanes) is 1. The Labute approximate surface area is 209 Å². The average molecular weight is 479 g/mol. The van der Waals surface area contributed by atoms with E-state index < -0.39 is 17.7 Å². The monoisotopic (exact) mass is 478 g/mol. The van der Waals surface area contributed by atoms with Crippen molar-refractivity contribution in [3.8, 4) is 5.75 Å². The molecule has 0 spiro atoms. The van der Waals surface area contributed by atoms with Crippen LogP contribution in [0.5, 0.6) is 5.75 Å². The van der Waals surface area contributed by atoms with Gasteiger partial charge in [0.1, 0.15) is 11.5 Å². The van der Waals surface area contributed by atoms with Gasteiger partial charge in [0.15, 0.2) is 0 Å². The van der Waals surface area contributed by atoms with E-state index in [1.165, 1.54) is 5.56 Å². The number of likely N-dealkylation sites (tertiary alicyclic amines) is 1. The fraction of sp³-hybridized carbons (Fsp3) is 0.448. The zero-order valence-electron chi connectivity index (χ0n) is 21.6. The lowest BCUT2D eigenvalue weighted by Crippen LogP contribution is -2.32. The number of Topliss-reactive ketones (excluding diaryl/α,β-unsaturated/α-hetero) is 1. The second-order valence-corrected chi connectivity index (χ2v) is 9.70. The number of benzene rings is 2. The molecule has 1 saturated heterocycles. The van der Waals surface area contributed by atoms with Crippen molar-refractivity contribution in [3.63, 3.8) is 0 Å². The molecule has 1 unspecified atom stereocenters. The minimum Gasteiger partial charge on any atom is -0.507 e. The molecule has 1 aliphatic rings. The summed E-state index contributed by atoms with van der Waals surface area (Å²) in [5.74, 6) is -0.398. The Bertz CT molecular complexity index is 1060. The maximum Gasteiger partial charge on any atom is 0.295 e. The number of hydrogen-bond donors (Lipinski definition) is 1. The van der Waals surface area contributed by atoms with Gasteiger partial charge < -0.3 is 19.6 Å². The number of carbonyl (C=O) groups excluding carboxylic acids is 2. The second kappa shape index (κ2) is 12.0. The van der Waals surface area contributed by atoms with Gasteiger partial charge in [-0.25, -0.2) is 0 Å². The van der Waals surface area contributed by atoms with Crippen LogP contribution in [-0.4, -0.2) is 60.4 Å². The number of carbonyl (C=O) groups is 2. The Balaban J connectivity index is 2.04. The fourth-order valence-corrected chi connectivity index (χ4v) is 4.30. The predicted molar refractivity (Wildman–Crippen MR) is 140 cm³/mol. The van der Waals surface area contributed by atoms with Gasteiger partial charge in [0, 0.05) is 12.1 Å². The molecule has 2 aromatic rings. The number of nitrogens with zero attached hydrogens (tertiary/aromatic N) is 2. The highest BCUT2D eigenvalue weighted by Crippen LogP contribution is 2.40. The molecule has 188 valence electrons. The van der Waals surface area contributed by atoms with Crippen molar-refractivity contribution in [2.24, 2.45) is 0 Å². The van der Waals surface area contributed by atoms with Crippen LogP contribution in [0.4, 0.5) is 0 Å². The minimum atomic E-state index is -0.650. The summed E-state index contributed by atoms with van der Waals surface area (Å²) in [5.41, 5.74) is 2.59. The summed E-state index contributed by atoms with van der Waals surface area (Å²) >= 11 is 0. The molecule has 6 nitrogen and oxygen atoms in total. The van der Waals surface area contributed by atoms with E-state index in [0.29, 0.717) is 30.4 Å². The molecule has 0 saturated carbocycles. The molecule has 2 aromatic carbocycles. The van der Waals surface area contributed by atoms with Gasteiger partial charge in [-0.05, 0) is 62.7 Å². The summed E-state index contributed by atoms with van der Waals surface area (Å²) in [6.45, 7) is 8.14. The van der Waals surface area contributed by atoms with E-state index in [0.717, 1.165) is 31.4 Å². The molecule has 1 aliphatic heterocycles. The molecule has 0 radical (unpaired) electrons. The van der Waals surface area contributed by atoms with Crippen molar-refractivity contribution in [2.75, 3.05) is 33.8 Å². The Hall–Kier alpha value is -3.12. The van der Waals surface area contributed by atoms with E-state index in [2.05, 4.69) is 20.8 Å². The van der Waals surface area contributed by atoms with Crippen LogP contribution >= 0.6 is 0 Å². The number of amides is 1. The largest absolute Gasteiger partial charge is 0.507 e. The number of hydrogen-bond acceptors (Lipinski definition) is 5. The van der Waals surface area contributed by atoms with E-state index in [1.807, 2.05) is 49.3 Å². The van der Waals surface area contributed by atoms with Gasteiger partial charge in [0.25, 0.3) is 11.7 Å².